The number of aryl methyl sites for hydroxylation is 1. The van der Waals surface area contributed by atoms with E-state index in [-0.39, 0.29) is 6.10 Å². The Kier molecular flexibility index (Phi) is 2.84. The van der Waals surface area contributed by atoms with Crippen molar-refractivity contribution < 1.29 is 5.11 Å². The highest BCUT2D eigenvalue weighted by Gasteiger charge is 2.23. The molecule has 2 N–H and O–H groups in total. The molecule has 1 unspecified atom stereocenters. The number of nitrogens with zero attached hydrogens (tertiary/aromatic N) is 2. The first kappa shape index (κ1) is 9.68. The minimum Gasteiger partial charge on any atom is -0.392 e. The van der Waals surface area contributed by atoms with E-state index in [1.165, 1.54) is 0 Å². The lowest BCUT2D eigenvalue weighted by Crippen LogP contribution is -2.26. The number of hydrogen-bond acceptors (Lipinski definition) is 3. The average molecular weight is 195 g/mol. The molecule has 0 spiro atoms. The van der Waals surface area contributed by atoms with Gasteiger partial charge in [0.15, 0.2) is 0 Å². The zero-order valence-electron chi connectivity index (χ0n) is 8.48. The number of hydrogen-bond donors (Lipinski definition) is 2. The van der Waals surface area contributed by atoms with Crippen molar-refractivity contribution in [2.24, 2.45) is 13.0 Å². The van der Waals surface area contributed by atoms with Gasteiger partial charge in [-0.1, -0.05) is 0 Å². The summed E-state index contributed by atoms with van der Waals surface area (Å²) in [6.45, 7) is 1.97. The van der Waals surface area contributed by atoms with Gasteiger partial charge in [0, 0.05) is 32.4 Å². The maximum atomic E-state index is 9.95. The van der Waals surface area contributed by atoms with Crippen LogP contribution < -0.4 is 5.32 Å². The van der Waals surface area contributed by atoms with Crippen LogP contribution in [0.2, 0.25) is 0 Å². The van der Waals surface area contributed by atoms with Crippen molar-refractivity contribution in [1.82, 2.24) is 14.9 Å². The molecule has 1 saturated heterocycles. The molecule has 78 valence electrons. The molecule has 1 aromatic heterocycles. The van der Waals surface area contributed by atoms with E-state index in [4.69, 9.17) is 0 Å². The summed E-state index contributed by atoms with van der Waals surface area (Å²) in [6, 6.07) is 0. The first-order chi connectivity index (χ1) is 6.77. The average Bonchev–Trinajstić information content (AvgIpc) is 2.77. The van der Waals surface area contributed by atoms with Crippen LogP contribution in [0.3, 0.4) is 0 Å². The van der Waals surface area contributed by atoms with E-state index in [1.807, 2.05) is 17.8 Å². The standard InChI is InChI=1S/C10H17N3O/c1-13-5-4-12-10(13)6-9(14)8-2-3-11-7-8/h4-5,8-9,11,14H,2-3,6-7H2,1H3/t8-,9?/m0/s1. The molecular weight excluding hydrogens is 178 g/mol. The summed E-state index contributed by atoms with van der Waals surface area (Å²) >= 11 is 0. The molecule has 0 aromatic carbocycles. The van der Waals surface area contributed by atoms with Crippen LogP contribution >= 0.6 is 0 Å². The lowest BCUT2D eigenvalue weighted by atomic mass is 9.99. The predicted molar refractivity (Wildman–Crippen MR) is 53.9 cm³/mol. The summed E-state index contributed by atoms with van der Waals surface area (Å²) in [4.78, 5) is 4.21. The number of aliphatic hydroxyl groups excluding tert-OH is 1. The molecule has 0 saturated carbocycles. The SMILES string of the molecule is Cn1ccnc1CC(O)[C@H]1CCNC1. The second kappa shape index (κ2) is 4.11. The molecule has 14 heavy (non-hydrogen) atoms. The Labute approximate surface area is 84.0 Å². The van der Waals surface area contributed by atoms with Crippen LogP contribution in [-0.2, 0) is 13.5 Å². The molecular formula is C10H17N3O. The van der Waals surface area contributed by atoms with Gasteiger partial charge < -0.3 is 15.0 Å². The molecule has 2 heterocycles. The van der Waals surface area contributed by atoms with E-state index < -0.39 is 0 Å². The molecule has 4 heteroatoms. The van der Waals surface area contributed by atoms with Crippen molar-refractivity contribution in [3.05, 3.63) is 18.2 Å². The van der Waals surface area contributed by atoms with Gasteiger partial charge in [-0.3, -0.25) is 0 Å². The third kappa shape index (κ3) is 1.96. The Morgan fingerprint density at radius 2 is 2.64 bits per heavy atom. The van der Waals surface area contributed by atoms with Crippen molar-refractivity contribution in [2.45, 2.75) is 18.9 Å². The number of imidazole rings is 1. The molecule has 2 atom stereocenters. The van der Waals surface area contributed by atoms with Gasteiger partial charge in [0.2, 0.25) is 0 Å². The zero-order chi connectivity index (χ0) is 9.97. The first-order valence-electron chi connectivity index (χ1n) is 5.12. The fourth-order valence-corrected chi connectivity index (χ4v) is 1.95. The third-order valence-corrected chi connectivity index (χ3v) is 2.96. The number of nitrogens with one attached hydrogen (secondary N) is 1. The van der Waals surface area contributed by atoms with Crippen LogP contribution in [0, 0.1) is 5.92 Å². The van der Waals surface area contributed by atoms with Gasteiger partial charge >= 0.3 is 0 Å². The van der Waals surface area contributed by atoms with Crippen molar-refractivity contribution >= 4 is 0 Å². The van der Waals surface area contributed by atoms with Crippen LogP contribution in [0.1, 0.15) is 12.2 Å². The van der Waals surface area contributed by atoms with Gasteiger partial charge in [0.05, 0.1) is 6.10 Å². The van der Waals surface area contributed by atoms with Crippen molar-refractivity contribution in [3.63, 3.8) is 0 Å². The lowest BCUT2D eigenvalue weighted by Gasteiger charge is -2.16. The van der Waals surface area contributed by atoms with E-state index >= 15 is 0 Å². The fraction of sp³-hybridized carbons (Fsp3) is 0.700. The Balaban J connectivity index is 1.93. The quantitative estimate of drug-likeness (QED) is 0.710. The highest BCUT2D eigenvalue weighted by Crippen LogP contribution is 2.15. The molecule has 0 radical (unpaired) electrons. The van der Waals surface area contributed by atoms with E-state index in [0.29, 0.717) is 12.3 Å². The van der Waals surface area contributed by atoms with Gasteiger partial charge in [0.1, 0.15) is 5.82 Å². The summed E-state index contributed by atoms with van der Waals surface area (Å²) < 4.78 is 1.96. The molecule has 1 aliphatic rings. The smallest absolute Gasteiger partial charge is 0.110 e. The largest absolute Gasteiger partial charge is 0.392 e. The number of aromatic nitrogens is 2. The lowest BCUT2D eigenvalue weighted by molar-refractivity contribution is 0.114. The van der Waals surface area contributed by atoms with Gasteiger partial charge in [-0.25, -0.2) is 4.98 Å². The Morgan fingerprint density at radius 1 is 1.79 bits per heavy atom. The highest BCUT2D eigenvalue weighted by atomic mass is 16.3. The molecule has 0 aliphatic carbocycles. The van der Waals surface area contributed by atoms with E-state index in [2.05, 4.69) is 10.3 Å². The van der Waals surface area contributed by atoms with Crippen LogP contribution in [0.25, 0.3) is 0 Å². The Hall–Kier alpha value is -0.870. The van der Waals surface area contributed by atoms with Crippen LogP contribution in [-0.4, -0.2) is 33.9 Å². The van der Waals surface area contributed by atoms with Crippen molar-refractivity contribution in [1.29, 1.82) is 0 Å². The zero-order valence-corrected chi connectivity index (χ0v) is 8.48. The van der Waals surface area contributed by atoms with Crippen LogP contribution in [0.15, 0.2) is 12.4 Å². The summed E-state index contributed by atoms with van der Waals surface area (Å²) in [6.07, 6.45) is 5.16. The molecule has 2 rings (SSSR count). The normalized spacial score (nSPS) is 24.0. The topological polar surface area (TPSA) is 50.1 Å². The van der Waals surface area contributed by atoms with Gasteiger partial charge in [-0.05, 0) is 18.9 Å². The minimum absolute atomic E-state index is 0.258. The molecule has 4 nitrogen and oxygen atoms in total. The highest BCUT2D eigenvalue weighted by molar-refractivity contribution is 4.95. The molecule has 1 fully saturated rings. The summed E-state index contributed by atoms with van der Waals surface area (Å²) in [5, 5.41) is 13.2. The Bertz CT molecular complexity index is 291. The summed E-state index contributed by atoms with van der Waals surface area (Å²) in [7, 11) is 1.96. The van der Waals surface area contributed by atoms with Crippen LogP contribution in [0.4, 0.5) is 0 Å². The molecule has 0 bridgehead atoms. The monoisotopic (exact) mass is 195 g/mol. The summed E-state index contributed by atoms with van der Waals surface area (Å²) in [5.74, 6) is 1.36. The second-order valence-corrected chi connectivity index (χ2v) is 3.98. The first-order valence-corrected chi connectivity index (χ1v) is 5.12. The van der Waals surface area contributed by atoms with E-state index in [9.17, 15) is 5.11 Å². The van der Waals surface area contributed by atoms with E-state index in [1.54, 1.807) is 6.20 Å². The molecule has 1 aliphatic heterocycles. The predicted octanol–water partition coefficient (Wildman–Crippen LogP) is -0.0670. The third-order valence-electron chi connectivity index (χ3n) is 2.96. The Morgan fingerprint density at radius 3 is 3.21 bits per heavy atom. The molecule has 0 amide bonds. The molecule has 1 aromatic rings. The maximum Gasteiger partial charge on any atom is 0.110 e. The van der Waals surface area contributed by atoms with Crippen molar-refractivity contribution in [3.8, 4) is 0 Å². The number of aliphatic hydroxyl groups is 1. The van der Waals surface area contributed by atoms with Gasteiger partial charge in [-0.15, -0.1) is 0 Å². The van der Waals surface area contributed by atoms with Crippen molar-refractivity contribution in [2.75, 3.05) is 13.1 Å². The maximum absolute atomic E-state index is 9.95. The number of rotatable bonds is 3. The van der Waals surface area contributed by atoms with Crippen LogP contribution in [0.5, 0.6) is 0 Å². The fourth-order valence-electron chi connectivity index (χ4n) is 1.95. The van der Waals surface area contributed by atoms with E-state index in [0.717, 1.165) is 25.3 Å². The van der Waals surface area contributed by atoms with Gasteiger partial charge in [-0.2, -0.15) is 0 Å². The second-order valence-electron chi connectivity index (χ2n) is 3.98. The summed E-state index contributed by atoms with van der Waals surface area (Å²) in [5.41, 5.74) is 0. The van der Waals surface area contributed by atoms with Gasteiger partial charge in [0.25, 0.3) is 0 Å². The minimum atomic E-state index is -0.258.